The Kier molecular flexibility index (Phi) is 5.58. The summed E-state index contributed by atoms with van der Waals surface area (Å²) in [6.07, 6.45) is 3.68. The van der Waals surface area contributed by atoms with Gasteiger partial charge in [0.05, 0.1) is 11.0 Å². The van der Waals surface area contributed by atoms with Gasteiger partial charge >= 0.3 is 0 Å². The zero-order chi connectivity index (χ0) is 21.9. The van der Waals surface area contributed by atoms with E-state index in [0.29, 0.717) is 23.8 Å². The molecule has 3 heterocycles. The molecule has 5 rings (SSSR count). The highest BCUT2D eigenvalue weighted by molar-refractivity contribution is 5.96. The largest absolute Gasteiger partial charge is 0.484 e. The molecule has 8 heteroatoms. The van der Waals surface area contributed by atoms with Gasteiger partial charge in [-0.15, -0.1) is 0 Å². The van der Waals surface area contributed by atoms with Crippen molar-refractivity contribution in [3.63, 3.8) is 0 Å². The average molecular weight is 431 g/mol. The monoisotopic (exact) mass is 431 g/mol. The van der Waals surface area contributed by atoms with Crippen molar-refractivity contribution < 1.29 is 14.3 Å². The number of anilines is 3. The molecule has 2 fully saturated rings. The minimum absolute atomic E-state index is 0.142. The first-order chi connectivity index (χ1) is 15.7. The van der Waals surface area contributed by atoms with E-state index in [1.54, 1.807) is 17.0 Å². The van der Waals surface area contributed by atoms with Gasteiger partial charge in [-0.1, -0.05) is 12.1 Å². The molecule has 0 spiro atoms. The second kappa shape index (κ2) is 8.82. The van der Waals surface area contributed by atoms with E-state index in [-0.39, 0.29) is 18.4 Å². The summed E-state index contributed by atoms with van der Waals surface area (Å²) in [5, 5.41) is 2.88. The number of ether oxygens (including phenoxy) is 1. The van der Waals surface area contributed by atoms with Gasteiger partial charge in [0, 0.05) is 31.7 Å². The van der Waals surface area contributed by atoms with Crippen LogP contribution in [-0.4, -0.2) is 48.0 Å². The van der Waals surface area contributed by atoms with Gasteiger partial charge in [-0.3, -0.25) is 9.59 Å². The van der Waals surface area contributed by atoms with Crippen LogP contribution in [-0.2, 0) is 9.59 Å². The Balaban J connectivity index is 1.26. The van der Waals surface area contributed by atoms with Gasteiger partial charge in [0.2, 0.25) is 5.91 Å². The second-order valence-electron chi connectivity index (χ2n) is 8.06. The first-order valence-electron chi connectivity index (χ1n) is 11.0. The molecule has 1 N–H and O–H groups in total. The predicted octanol–water partition coefficient (Wildman–Crippen LogP) is 3.37. The lowest BCUT2D eigenvalue weighted by Gasteiger charge is -2.20. The molecule has 0 atom stereocenters. The minimum atomic E-state index is -0.297. The third-order valence-corrected chi connectivity index (χ3v) is 5.81. The topological polar surface area (TPSA) is 87.7 Å². The Labute approximate surface area is 186 Å². The van der Waals surface area contributed by atoms with Crippen molar-refractivity contribution >= 4 is 40.2 Å². The number of benzene rings is 2. The lowest BCUT2D eigenvalue weighted by Crippen LogP contribution is -2.26. The van der Waals surface area contributed by atoms with Gasteiger partial charge in [-0.05, 0) is 55.7 Å². The zero-order valence-electron chi connectivity index (χ0n) is 17.8. The van der Waals surface area contributed by atoms with Gasteiger partial charge in [-0.2, -0.15) is 0 Å². The number of rotatable bonds is 6. The van der Waals surface area contributed by atoms with Gasteiger partial charge in [0.1, 0.15) is 5.75 Å². The van der Waals surface area contributed by atoms with Crippen molar-refractivity contribution in [3.05, 3.63) is 48.5 Å². The standard InChI is InChI=1S/C24H25N5O3/c30-21(16-32-18-11-9-17(10-12-18)29-15-5-8-22(29)31)27-23-24(28-13-3-4-14-28)26-20-7-2-1-6-19(20)25-23/h1-2,6-7,9-12H,3-5,8,13-16H2,(H,25,27,30). The predicted molar refractivity (Wildman–Crippen MR) is 123 cm³/mol. The van der Waals surface area contributed by atoms with Crippen LogP contribution in [0.25, 0.3) is 11.0 Å². The van der Waals surface area contributed by atoms with Crippen molar-refractivity contribution in [2.75, 3.05) is 41.4 Å². The molecular formula is C24H25N5O3. The second-order valence-corrected chi connectivity index (χ2v) is 8.06. The van der Waals surface area contributed by atoms with Crippen LogP contribution >= 0.6 is 0 Å². The van der Waals surface area contributed by atoms with E-state index >= 15 is 0 Å². The number of fused-ring (bicyclic) bond motifs is 1. The lowest BCUT2D eigenvalue weighted by molar-refractivity contribution is -0.118. The van der Waals surface area contributed by atoms with E-state index in [1.165, 1.54) is 0 Å². The molecule has 0 unspecified atom stereocenters. The number of nitrogens with zero attached hydrogens (tertiary/aromatic N) is 4. The molecule has 0 saturated carbocycles. The fraction of sp³-hybridized carbons (Fsp3) is 0.333. The molecule has 0 bridgehead atoms. The van der Waals surface area contributed by atoms with E-state index in [0.717, 1.165) is 55.6 Å². The van der Waals surface area contributed by atoms with Gasteiger partial charge in [0.15, 0.2) is 18.2 Å². The van der Waals surface area contributed by atoms with E-state index in [2.05, 4.69) is 15.2 Å². The molecule has 2 amide bonds. The summed E-state index contributed by atoms with van der Waals surface area (Å²) in [5.41, 5.74) is 2.39. The smallest absolute Gasteiger partial charge is 0.263 e. The summed E-state index contributed by atoms with van der Waals surface area (Å²) >= 11 is 0. The number of hydrogen-bond donors (Lipinski definition) is 1. The van der Waals surface area contributed by atoms with Crippen LogP contribution in [0.3, 0.4) is 0 Å². The normalized spacial score (nSPS) is 16.1. The Morgan fingerprint density at radius 2 is 1.66 bits per heavy atom. The first-order valence-corrected chi connectivity index (χ1v) is 11.0. The summed E-state index contributed by atoms with van der Waals surface area (Å²) in [5.74, 6) is 1.58. The molecule has 3 aromatic rings. The van der Waals surface area contributed by atoms with Crippen LogP contribution in [0, 0.1) is 0 Å². The van der Waals surface area contributed by atoms with Crippen LogP contribution in [0.5, 0.6) is 5.75 Å². The van der Waals surface area contributed by atoms with Gasteiger partial charge in [-0.25, -0.2) is 9.97 Å². The number of nitrogens with one attached hydrogen (secondary N) is 1. The van der Waals surface area contributed by atoms with Crippen molar-refractivity contribution in [2.24, 2.45) is 0 Å². The Hall–Kier alpha value is -3.68. The molecule has 2 saturated heterocycles. The molecule has 164 valence electrons. The van der Waals surface area contributed by atoms with Crippen molar-refractivity contribution in [1.82, 2.24) is 9.97 Å². The molecule has 8 nitrogen and oxygen atoms in total. The maximum Gasteiger partial charge on any atom is 0.263 e. The van der Waals surface area contributed by atoms with Gasteiger partial charge < -0.3 is 19.9 Å². The van der Waals surface area contributed by atoms with Crippen molar-refractivity contribution in [2.45, 2.75) is 25.7 Å². The molecule has 2 aromatic carbocycles. The number of aromatic nitrogens is 2. The van der Waals surface area contributed by atoms with Crippen LogP contribution in [0.4, 0.5) is 17.3 Å². The summed E-state index contributed by atoms with van der Waals surface area (Å²) in [7, 11) is 0. The van der Waals surface area contributed by atoms with Crippen LogP contribution in [0.1, 0.15) is 25.7 Å². The van der Waals surface area contributed by atoms with Crippen molar-refractivity contribution in [1.29, 1.82) is 0 Å². The molecular weight excluding hydrogens is 406 g/mol. The maximum atomic E-state index is 12.6. The number of carbonyl (C=O) groups excluding carboxylic acids is 2. The lowest BCUT2D eigenvalue weighted by atomic mass is 10.3. The number of hydrogen-bond acceptors (Lipinski definition) is 6. The van der Waals surface area contributed by atoms with Crippen LogP contribution in [0.2, 0.25) is 0 Å². The fourth-order valence-corrected chi connectivity index (χ4v) is 4.18. The summed E-state index contributed by atoms with van der Waals surface area (Å²) in [6, 6.07) is 14.9. The van der Waals surface area contributed by atoms with E-state index < -0.39 is 0 Å². The summed E-state index contributed by atoms with van der Waals surface area (Å²) < 4.78 is 5.66. The van der Waals surface area contributed by atoms with Gasteiger partial charge in [0.25, 0.3) is 5.91 Å². The maximum absolute atomic E-state index is 12.6. The Morgan fingerprint density at radius 3 is 2.34 bits per heavy atom. The van der Waals surface area contributed by atoms with E-state index in [4.69, 9.17) is 9.72 Å². The number of amides is 2. The summed E-state index contributed by atoms with van der Waals surface area (Å²) in [6.45, 7) is 2.40. The average Bonchev–Trinajstić information content (AvgIpc) is 3.50. The highest BCUT2D eigenvalue weighted by Gasteiger charge is 2.22. The molecule has 2 aliphatic heterocycles. The Bertz CT molecular complexity index is 1140. The van der Waals surface area contributed by atoms with Crippen molar-refractivity contribution in [3.8, 4) is 5.75 Å². The molecule has 0 aliphatic carbocycles. The third kappa shape index (κ3) is 4.21. The molecule has 0 radical (unpaired) electrons. The quantitative estimate of drug-likeness (QED) is 0.644. The zero-order valence-corrected chi connectivity index (χ0v) is 17.8. The highest BCUT2D eigenvalue weighted by Crippen LogP contribution is 2.28. The Morgan fingerprint density at radius 1 is 0.938 bits per heavy atom. The van der Waals surface area contributed by atoms with E-state index in [9.17, 15) is 9.59 Å². The van der Waals surface area contributed by atoms with Crippen LogP contribution in [0.15, 0.2) is 48.5 Å². The van der Waals surface area contributed by atoms with E-state index in [1.807, 2.05) is 36.4 Å². The molecule has 32 heavy (non-hydrogen) atoms. The SMILES string of the molecule is O=C(COc1ccc(N2CCCC2=O)cc1)Nc1nc2ccccc2nc1N1CCCC1. The summed E-state index contributed by atoms with van der Waals surface area (Å²) in [4.78, 5) is 37.9. The molecule has 2 aliphatic rings. The third-order valence-electron chi connectivity index (χ3n) is 5.81. The highest BCUT2D eigenvalue weighted by atomic mass is 16.5. The fourth-order valence-electron chi connectivity index (χ4n) is 4.18. The van der Waals surface area contributed by atoms with Crippen LogP contribution < -0.4 is 19.9 Å². The minimum Gasteiger partial charge on any atom is -0.484 e. The molecule has 1 aromatic heterocycles. The number of para-hydroxylation sites is 2. The first kappa shape index (κ1) is 20.2. The number of carbonyl (C=O) groups is 2.